The quantitative estimate of drug-likeness (QED) is 0.872. The molecular formula is C13H23BrN4. The van der Waals surface area contributed by atoms with Gasteiger partial charge in [-0.1, -0.05) is 13.8 Å². The summed E-state index contributed by atoms with van der Waals surface area (Å²) in [5, 5.41) is 3.24. The van der Waals surface area contributed by atoms with Crippen LogP contribution in [0.3, 0.4) is 0 Å². The minimum atomic E-state index is 0.410. The fourth-order valence-corrected chi connectivity index (χ4v) is 2.36. The standard InChI is InChI=1S/C13H23BrN4/c1-6-15-12-11(14)13(17-8-16-12)18(10(4)5)7-9(2)3/h8-10H,6-7H2,1-5H3,(H,15,16,17). The first-order valence-electron chi connectivity index (χ1n) is 6.48. The van der Waals surface area contributed by atoms with Gasteiger partial charge in [-0.05, 0) is 42.6 Å². The maximum Gasteiger partial charge on any atom is 0.148 e. The van der Waals surface area contributed by atoms with Crippen LogP contribution in [-0.4, -0.2) is 29.1 Å². The maximum absolute atomic E-state index is 4.42. The Labute approximate surface area is 118 Å². The molecule has 0 radical (unpaired) electrons. The lowest BCUT2D eigenvalue weighted by molar-refractivity contribution is 0.565. The van der Waals surface area contributed by atoms with E-state index < -0.39 is 0 Å². The Bertz CT molecular complexity index is 379. The molecular weight excluding hydrogens is 292 g/mol. The predicted octanol–water partition coefficient (Wildman–Crippen LogP) is 3.54. The molecule has 1 heterocycles. The first-order chi connectivity index (χ1) is 8.47. The molecule has 0 fully saturated rings. The van der Waals surface area contributed by atoms with Crippen molar-refractivity contribution in [3.63, 3.8) is 0 Å². The third kappa shape index (κ3) is 3.83. The van der Waals surface area contributed by atoms with Crippen LogP contribution in [0, 0.1) is 5.92 Å². The first-order valence-corrected chi connectivity index (χ1v) is 7.27. The van der Waals surface area contributed by atoms with Crippen LogP contribution in [0.2, 0.25) is 0 Å². The monoisotopic (exact) mass is 314 g/mol. The summed E-state index contributed by atoms with van der Waals surface area (Å²) >= 11 is 3.61. The zero-order valence-corrected chi connectivity index (χ0v) is 13.5. The highest BCUT2D eigenvalue weighted by molar-refractivity contribution is 9.10. The van der Waals surface area contributed by atoms with Crippen molar-refractivity contribution in [3.05, 3.63) is 10.8 Å². The molecule has 1 N–H and O–H groups in total. The zero-order chi connectivity index (χ0) is 13.7. The van der Waals surface area contributed by atoms with E-state index in [1.54, 1.807) is 6.33 Å². The first kappa shape index (κ1) is 15.2. The van der Waals surface area contributed by atoms with Crippen LogP contribution in [0.1, 0.15) is 34.6 Å². The molecule has 1 rings (SSSR count). The summed E-state index contributed by atoms with van der Waals surface area (Å²) in [7, 11) is 0. The molecule has 0 aromatic carbocycles. The number of hydrogen-bond donors (Lipinski definition) is 1. The average Bonchev–Trinajstić information content (AvgIpc) is 2.29. The summed E-state index contributed by atoms with van der Waals surface area (Å²) < 4.78 is 0.946. The molecule has 0 aliphatic rings. The van der Waals surface area contributed by atoms with Gasteiger partial charge in [-0.25, -0.2) is 9.97 Å². The summed E-state index contributed by atoms with van der Waals surface area (Å²) in [4.78, 5) is 11.0. The fraction of sp³-hybridized carbons (Fsp3) is 0.692. The van der Waals surface area contributed by atoms with E-state index in [0.29, 0.717) is 12.0 Å². The van der Waals surface area contributed by atoms with Crippen LogP contribution >= 0.6 is 15.9 Å². The van der Waals surface area contributed by atoms with Crippen LogP contribution in [0.15, 0.2) is 10.8 Å². The van der Waals surface area contributed by atoms with Gasteiger partial charge >= 0.3 is 0 Å². The van der Waals surface area contributed by atoms with Gasteiger partial charge in [-0.3, -0.25) is 0 Å². The molecule has 0 unspecified atom stereocenters. The number of nitrogens with one attached hydrogen (secondary N) is 1. The maximum atomic E-state index is 4.42. The van der Waals surface area contributed by atoms with Crippen molar-refractivity contribution in [1.29, 1.82) is 0 Å². The molecule has 4 nitrogen and oxygen atoms in total. The minimum absolute atomic E-state index is 0.410. The molecule has 5 heteroatoms. The summed E-state index contributed by atoms with van der Waals surface area (Å²) in [5.74, 6) is 2.42. The van der Waals surface area contributed by atoms with E-state index in [9.17, 15) is 0 Å². The van der Waals surface area contributed by atoms with Gasteiger partial charge in [-0.15, -0.1) is 0 Å². The zero-order valence-electron chi connectivity index (χ0n) is 11.9. The van der Waals surface area contributed by atoms with Gasteiger partial charge in [0, 0.05) is 19.1 Å². The van der Waals surface area contributed by atoms with Gasteiger partial charge in [0.25, 0.3) is 0 Å². The lowest BCUT2D eigenvalue weighted by Gasteiger charge is -2.30. The number of nitrogens with zero attached hydrogens (tertiary/aromatic N) is 3. The smallest absolute Gasteiger partial charge is 0.148 e. The second-order valence-electron chi connectivity index (χ2n) is 5.03. The molecule has 0 bridgehead atoms. The van der Waals surface area contributed by atoms with Gasteiger partial charge in [0.15, 0.2) is 0 Å². The Kier molecular flexibility index (Phi) is 5.85. The number of rotatable bonds is 6. The van der Waals surface area contributed by atoms with Gasteiger partial charge in [0.2, 0.25) is 0 Å². The third-order valence-corrected chi connectivity index (χ3v) is 3.30. The summed E-state index contributed by atoms with van der Waals surface area (Å²) in [5.41, 5.74) is 0. The topological polar surface area (TPSA) is 41.1 Å². The lowest BCUT2D eigenvalue weighted by atomic mass is 10.2. The molecule has 0 saturated carbocycles. The van der Waals surface area contributed by atoms with E-state index in [1.807, 2.05) is 0 Å². The van der Waals surface area contributed by atoms with Crippen molar-refractivity contribution >= 4 is 27.6 Å². The van der Waals surface area contributed by atoms with Crippen LogP contribution in [0.5, 0.6) is 0 Å². The minimum Gasteiger partial charge on any atom is -0.369 e. The van der Waals surface area contributed by atoms with Crippen LogP contribution in [0.4, 0.5) is 11.6 Å². The van der Waals surface area contributed by atoms with Gasteiger partial charge < -0.3 is 10.2 Å². The van der Waals surface area contributed by atoms with Crippen molar-refractivity contribution < 1.29 is 0 Å². The summed E-state index contributed by atoms with van der Waals surface area (Å²) in [6, 6.07) is 0.410. The molecule has 0 aliphatic heterocycles. The Morgan fingerprint density at radius 2 is 1.94 bits per heavy atom. The Morgan fingerprint density at radius 1 is 1.28 bits per heavy atom. The molecule has 0 aliphatic carbocycles. The fourth-order valence-electron chi connectivity index (χ4n) is 1.79. The van der Waals surface area contributed by atoms with Crippen molar-refractivity contribution in [1.82, 2.24) is 9.97 Å². The van der Waals surface area contributed by atoms with Gasteiger partial charge in [0.05, 0.1) is 0 Å². The Balaban J connectivity index is 3.08. The molecule has 1 aromatic heterocycles. The molecule has 0 saturated heterocycles. The number of anilines is 2. The van der Waals surface area contributed by atoms with Crippen LogP contribution in [-0.2, 0) is 0 Å². The highest BCUT2D eigenvalue weighted by Gasteiger charge is 2.18. The second-order valence-corrected chi connectivity index (χ2v) is 5.82. The van der Waals surface area contributed by atoms with E-state index in [-0.39, 0.29) is 0 Å². The van der Waals surface area contributed by atoms with Crippen molar-refractivity contribution in [2.24, 2.45) is 5.92 Å². The second kappa shape index (κ2) is 6.92. The molecule has 0 atom stereocenters. The predicted molar refractivity (Wildman–Crippen MR) is 81.2 cm³/mol. The number of hydrogen-bond acceptors (Lipinski definition) is 4. The third-order valence-electron chi connectivity index (χ3n) is 2.57. The lowest BCUT2D eigenvalue weighted by Crippen LogP contribution is -2.35. The Morgan fingerprint density at radius 3 is 2.44 bits per heavy atom. The van der Waals surface area contributed by atoms with E-state index in [2.05, 4.69) is 70.7 Å². The summed E-state index contributed by atoms with van der Waals surface area (Å²) in [6.07, 6.45) is 1.62. The highest BCUT2D eigenvalue weighted by Crippen LogP contribution is 2.30. The highest BCUT2D eigenvalue weighted by atomic mass is 79.9. The van der Waals surface area contributed by atoms with Crippen LogP contribution in [0.25, 0.3) is 0 Å². The van der Waals surface area contributed by atoms with Crippen LogP contribution < -0.4 is 10.2 Å². The SMILES string of the molecule is CCNc1ncnc(N(CC(C)C)C(C)C)c1Br. The molecule has 0 amide bonds. The van der Waals surface area contributed by atoms with E-state index in [4.69, 9.17) is 0 Å². The van der Waals surface area contributed by atoms with Crippen molar-refractivity contribution in [3.8, 4) is 0 Å². The number of aromatic nitrogens is 2. The van der Waals surface area contributed by atoms with E-state index >= 15 is 0 Å². The van der Waals surface area contributed by atoms with E-state index in [1.165, 1.54) is 0 Å². The largest absolute Gasteiger partial charge is 0.369 e. The van der Waals surface area contributed by atoms with Crippen molar-refractivity contribution in [2.45, 2.75) is 40.7 Å². The normalized spacial score (nSPS) is 11.1. The molecule has 0 spiro atoms. The molecule has 1 aromatic rings. The van der Waals surface area contributed by atoms with E-state index in [0.717, 1.165) is 29.2 Å². The summed E-state index contributed by atoms with van der Waals surface area (Å²) in [6.45, 7) is 12.7. The van der Waals surface area contributed by atoms with Crippen molar-refractivity contribution in [2.75, 3.05) is 23.3 Å². The Hall–Kier alpha value is -0.840. The molecule has 18 heavy (non-hydrogen) atoms. The molecule has 102 valence electrons. The average molecular weight is 315 g/mol. The van der Waals surface area contributed by atoms with Gasteiger partial charge in [-0.2, -0.15) is 0 Å². The van der Waals surface area contributed by atoms with Gasteiger partial charge in [0.1, 0.15) is 22.4 Å². The number of halogens is 1.